The van der Waals surface area contributed by atoms with Gasteiger partial charge >= 0.3 is 20.0 Å². The fraction of sp³-hybridized carbons (Fsp3) is 0.818. The number of carbonyl (C=O) groups excluding carboxylic acids is 2. The van der Waals surface area contributed by atoms with Crippen molar-refractivity contribution in [2.75, 3.05) is 47.4 Å². The molecule has 0 aliphatic carbocycles. The number of rotatable bonds is 9. The molecular formula is C11H25N3O7P+. The highest BCUT2D eigenvalue weighted by Crippen LogP contribution is 2.35. The van der Waals surface area contributed by atoms with Gasteiger partial charge in [0.25, 0.3) is 0 Å². The lowest BCUT2D eigenvalue weighted by molar-refractivity contribution is -0.870. The highest BCUT2D eigenvalue weighted by atomic mass is 31.2. The Morgan fingerprint density at radius 3 is 2.00 bits per heavy atom. The first-order valence-corrected chi connectivity index (χ1v) is 8.27. The number of nitrogens with one attached hydrogen (secondary N) is 2. The van der Waals surface area contributed by atoms with Crippen LogP contribution < -0.4 is 10.6 Å². The number of phosphoric acid groups is 1. The first-order chi connectivity index (χ1) is 9.99. The molecule has 0 saturated carbocycles. The number of likely N-dealkylation sites (N-methyl/N-ethyl adjacent to an activating group) is 1. The van der Waals surface area contributed by atoms with Crippen molar-refractivity contribution in [2.24, 2.45) is 0 Å². The first kappa shape index (κ1) is 20.6. The molecule has 0 aromatic rings. The molecule has 0 radical (unpaired) electrons. The van der Waals surface area contributed by atoms with Gasteiger partial charge in [0.2, 0.25) is 0 Å². The Morgan fingerprint density at radius 1 is 1.05 bits per heavy atom. The SMILES string of the molecule is C[N+](C)(C)CCOC(=O)NCCCCNC(=O)OP(=O)(O)O. The van der Waals surface area contributed by atoms with E-state index in [1.165, 1.54) is 0 Å². The summed E-state index contributed by atoms with van der Waals surface area (Å²) in [5, 5.41) is 4.74. The highest BCUT2D eigenvalue weighted by molar-refractivity contribution is 7.46. The van der Waals surface area contributed by atoms with Gasteiger partial charge in [0.05, 0.1) is 21.1 Å². The quantitative estimate of drug-likeness (QED) is 0.263. The summed E-state index contributed by atoms with van der Waals surface area (Å²) in [6.07, 6.45) is -0.598. The lowest BCUT2D eigenvalue weighted by Crippen LogP contribution is -2.39. The number of amides is 2. The molecule has 0 aliphatic rings. The minimum Gasteiger partial charge on any atom is -0.444 e. The third kappa shape index (κ3) is 15.0. The molecule has 0 saturated heterocycles. The van der Waals surface area contributed by atoms with Crippen molar-refractivity contribution in [3.8, 4) is 0 Å². The van der Waals surface area contributed by atoms with Crippen LogP contribution in [0.2, 0.25) is 0 Å². The average Bonchev–Trinajstić information content (AvgIpc) is 2.29. The smallest absolute Gasteiger partial charge is 0.444 e. The predicted molar refractivity (Wildman–Crippen MR) is 78.0 cm³/mol. The van der Waals surface area contributed by atoms with Gasteiger partial charge in [0.15, 0.2) is 0 Å². The number of alkyl carbamates (subject to hydrolysis) is 1. The predicted octanol–water partition coefficient (Wildman–Crippen LogP) is 0.0179. The molecule has 10 nitrogen and oxygen atoms in total. The van der Waals surface area contributed by atoms with Crippen LogP contribution in [0.1, 0.15) is 12.8 Å². The maximum Gasteiger partial charge on any atom is 0.528 e. The van der Waals surface area contributed by atoms with Crippen molar-refractivity contribution in [1.82, 2.24) is 10.6 Å². The number of unbranched alkanes of at least 4 members (excludes halogenated alkanes) is 1. The Bertz CT molecular complexity index is 405. The Hall–Kier alpha value is -1.35. The van der Waals surface area contributed by atoms with E-state index in [4.69, 9.17) is 14.5 Å². The largest absolute Gasteiger partial charge is 0.528 e. The topological polar surface area (TPSA) is 134 Å². The Morgan fingerprint density at radius 2 is 1.55 bits per heavy atom. The van der Waals surface area contributed by atoms with Gasteiger partial charge in [-0.25, -0.2) is 14.2 Å². The van der Waals surface area contributed by atoms with Crippen LogP contribution in [0.5, 0.6) is 0 Å². The molecule has 0 atom stereocenters. The second kappa shape index (κ2) is 9.62. The molecule has 130 valence electrons. The fourth-order valence-corrected chi connectivity index (χ4v) is 1.51. The van der Waals surface area contributed by atoms with Crippen LogP contribution in [-0.4, -0.2) is 73.8 Å². The van der Waals surface area contributed by atoms with Crippen molar-refractivity contribution in [3.05, 3.63) is 0 Å². The van der Waals surface area contributed by atoms with E-state index in [1.807, 2.05) is 21.1 Å². The Balaban J connectivity index is 3.52. The maximum absolute atomic E-state index is 11.3. The molecule has 0 fully saturated rings. The zero-order valence-electron chi connectivity index (χ0n) is 13.1. The Kier molecular flexibility index (Phi) is 9.03. The molecule has 0 aromatic heterocycles. The number of nitrogens with zero attached hydrogens (tertiary/aromatic N) is 1. The summed E-state index contributed by atoms with van der Waals surface area (Å²) in [6, 6.07) is 0. The van der Waals surface area contributed by atoms with Crippen LogP contribution >= 0.6 is 7.82 Å². The summed E-state index contributed by atoms with van der Waals surface area (Å²) in [5.74, 6) is 0. The van der Waals surface area contributed by atoms with E-state index in [0.717, 1.165) is 0 Å². The first-order valence-electron chi connectivity index (χ1n) is 6.74. The third-order valence-corrected chi connectivity index (χ3v) is 2.74. The summed E-state index contributed by atoms with van der Waals surface area (Å²) >= 11 is 0. The molecule has 0 bridgehead atoms. The fourth-order valence-electron chi connectivity index (χ4n) is 1.23. The number of hydrogen-bond acceptors (Lipinski definition) is 5. The Labute approximate surface area is 129 Å². The van der Waals surface area contributed by atoms with Crippen LogP contribution in [-0.2, 0) is 13.8 Å². The van der Waals surface area contributed by atoms with Crippen molar-refractivity contribution in [3.63, 3.8) is 0 Å². The molecule has 2 amide bonds. The van der Waals surface area contributed by atoms with Crippen LogP contribution in [0.15, 0.2) is 0 Å². The second-order valence-electron chi connectivity index (χ2n) is 5.58. The van der Waals surface area contributed by atoms with E-state index in [-0.39, 0.29) is 6.54 Å². The number of hydrogen-bond donors (Lipinski definition) is 4. The van der Waals surface area contributed by atoms with Crippen LogP contribution in [0.4, 0.5) is 9.59 Å². The monoisotopic (exact) mass is 342 g/mol. The molecule has 0 aliphatic heterocycles. The van der Waals surface area contributed by atoms with Gasteiger partial charge in [-0.1, -0.05) is 0 Å². The molecule has 0 unspecified atom stereocenters. The second-order valence-corrected chi connectivity index (χ2v) is 6.74. The molecule has 0 spiro atoms. The molecule has 0 aromatic carbocycles. The number of carbonyl (C=O) groups is 2. The van der Waals surface area contributed by atoms with Crippen molar-refractivity contribution >= 4 is 20.0 Å². The van der Waals surface area contributed by atoms with Crippen molar-refractivity contribution < 1.29 is 37.7 Å². The molecular weight excluding hydrogens is 317 g/mol. The lowest BCUT2D eigenvalue weighted by Gasteiger charge is -2.23. The van der Waals surface area contributed by atoms with E-state index in [9.17, 15) is 14.2 Å². The van der Waals surface area contributed by atoms with Crippen LogP contribution in [0.25, 0.3) is 0 Å². The van der Waals surface area contributed by atoms with Gasteiger partial charge < -0.3 is 24.4 Å². The van der Waals surface area contributed by atoms with Crippen LogP contribution in [0, 0.1) is 0 Å². The standard InChI is InChI=1S/C11H24N3O7P/c1-14(2,3)8-9-20-10(15)12-6-4-5-7-13-11(16)21-22(17,18)19/h4-9H2,1-3H3,(H3-,12,13,15,16,17,18,19)/p+1. The minimum atomic E-state index is -4.81. The molecule has 11 heteroatoms. The summed E-state index contributed by atoms with van der Waals surface area (Å²) in [5.41, 5.74) is 0. The van der Waals surface area contributed by atoms with Gasteiger partial charge in [-0.15, -0.1) is 0 Å². The van der Waals surface area contributed by atoms with Crippen LogP contribution in [0.3, 0.4) is 0 Å². The summed E-state index contributed by atoms with van der Waals surface area (Å²) in [4.78, 5) is 38.9. The summed E-state index contributed by atoms with van der Waals surface area (Å²) < 4.78 is 19.8. The zero-order valence-corrected chi connectivity index (χ0v) is 14.0. The average molecular weight is 342 g/mol. The van der Waals surface area contributed by atoms with E-state index < -0.39 is 20.0 Å². The summed E-state index contributed by atoms with van der Waals surface area (Å²) in [6.45, 7) is 1.58. The molecule has 4 N–H and O–H groups in total. The highest BCUT2D eigenvalue weighted by Gasteiger charge is 2.19. The van der Waals surface area contributed by atoms with Gasteiger partial charge in [-0.3, -0.25) is 9.79 Å². The number of phosphoric ester groups is 1. The van der Waals surface area contributed by atoms with Gasteiger partial charge in [-0.05, 0) is 12.8 Å². The van der Waals surface area contributed by atoms with E-state index >= 15 is 0 Å². The van der Waals surface area contributed by atoms with Gasteiger partial charge in [-0.2, -0.15) is 0 Å². The van der Waals surface area contributed by atoms with E-state index in [2.05, 4.69) is 15.2 Å². The number of ether oxygens (including phenoxy) is 1. The van der Waals surface area contributed by atoms with Gasteiger partial charge in [0.1, 0.15) is 13.2 Å². The van der Waals surface area contributed by atoms with Gasteiger partial charge in [0, 0.05) is 13.1 Å². The minimum absolute atomic E-state index is 0.178. The zero-order chi connectivity index (χ0) is 17.2. The third-order valence-electron chi connectivity index (χ3n) is 2.34. The number of quaternary nitrogens is 1. The molecule has 22 heavy (non-hydrogen) atoms. The maximum atomic E-state index is 11.3. The molecule has 0 heterocycles. The van der Waals surface area contributed by atoms with E-state index in [1.54, 1.807) is 0 Å². The normalized spacial score (nSPS) is 11.7. The van der Waals surface area contributed by atoms with E-state index in [0.29, 0.717) is 37.0 Å². The lowest BCUT2D eigenvalue weighted by atomic mass is 10.3. The summed E-state index contributed by atoms with van der Waals surface area (Å²) in [7, 11) is 1.17. The molecule has 0 rings (SSSR count). The van der Waals surface area contributed by atoms with Crippen molar-refractivity contribution in [1.29, 1.82) is 0 Å². The van der Waals surface area contributed by atoms with Crippen molar-refractivity contribution in [2.45, 2.75) is 12.8 Å².